The fourth-order valence-corrected chi connectivity index (χ4v) is 3.92. The minimum absolute atomic E-state index is 0. The summed E-state index contributed by atoms with van der Waals surface area (Å²) in [6.45, 7) is 4.34. The Morgan fingerprint density at radius 1 is 1.12 bits per heavy atom. The van der Waals surface area contributed by atoms with Gasteiger partial charge in [0.2, 0.25) is 11.8 Å². The van der Waals surface area contributed by atoms with Crippen molar-refractivity contribution in [2.24, 2.45) is 11.7 Å². The standard InChI is InChI=1S/C19H28N4O2.ClH/c20-10-16-12-22(13-17(16)15-6-2-1-3-7-15)14-18(24)21-11-19(25)23-8-4-5-9-23;/h1-3,6-7,16-17H,4-5,8-14,20H2,(H,21,24);1H/t16-,17+;/m1./s1. The number of hydrogen-bond acceptors (Lipinski definition) is 4. The van der Waals surface area contributed by atoms with Gasteiger partial charge in [-0.15, -0.1) is 12.4 Å². The van der Waals surface area contributed by atoms with Crippen LogP contribution < -0.4 is 11.1 Å². The first-order valence-corrected chi connectivity index (χ1v) is 9.19. The summed E-state index contributed by atoms with van der Waals surface area (Å²) < 4.78 is 0. The van der Waals surface area contributed by atoms with Crippen LogP contribution in [0.1, 0.15) is 24.3 Å². The van der Waals surface area contributed by atoms with Crippen LogP contribution >= 0.6 is 12.4 Å². The minimum atomic E-state index is -0.0861. The molecule has 0 aromatic heterocycles. The molecule has 2 fully saturated rings. The van der Waals surface area contributed by atoms with Crippen molar-refractivity contribution < 1.29 is 9.59 Å². The average molecular weight is 381 g/mol. The zero-order chi connectivity index (χ0) is 17.6. The number of carbonyl (C=O) groups is 2. The molecular weight excluding hydrogens is 352 g/mol. The fraction of sp³-hybridized carbons (Fsp3) is 0.579. The fourth-order valence-electron chi connectivity index (χ4n) is 3.92. The van der Waals surface area contributed by atoms with E-state index in [1.807, 2.05) is 23.1 Å². The van der Waals surface area contributed by atoms with Crippen LogP contribution in [0.2, 0.25) is 0 Å². The summed E-state index contributed by atoms with van der Waals surface area (Å²) in [5, 5.41) is 2.77. The van der Waals surface area contributed by atoms with Gasteiger partial charge in [0.1, 0.15) is 0 Å². The van der Waals surface area contributed by atoms with E-state index >= 15 is 0 Å². The second-order valence-corrected chi connectivity index (χ2v) is 7.07. The van der Waals surface area contributed by atoms with Crippen molar-refractivity contribution in [3.8, 4) is 0 Å². The first kappa shape index (κ1) is 20.7. The normalized spacial score (nSPS) is 22.9. The maximum absolute atomic E-state index is 12.2. The molecule has 2 atom stereocenters. The molecule has 0 bridgehead atoms. The first-order chi connectivity index (χ1) is 12.2. The molecule has 3 rings (SSSR count). The van der Waals surface area contributed by atoms with E-state index in [0.717, 1.165) is 39.0 Å². The van der Waals surface area contributed by atoms with Crippen LogP contribution in [-0.2, 0) is 9.59 Å². The van der Waals surface area contributed by atoms with E-state index in [9.17, 15) is 9.59 Å². The van der Waals surface area contributed by atoms with Gasteiger partial charge in [0.15, 0.2) is 0 Å². The van der Waals surface area contributed by atoms with Gasteiger partial charge in [-0.1, -0.05) is 30.3 Å². The van der Waals surface area contributed by atoms with Crippen LogP contribution in [0.5, 0.6) is 0 Å². The number of amides is 2. The maximum Gasteiger partial charge on any atom is 0.241 e. The van der Waals surface area contributed by atoms with E-state index in [0.29, 0.717) is 24.9 Å². The Morgan fingerprint density at radius 2 is 1.81 bits per heavy atom. The van der Waals surface area contributed by atoms with Crippen LogP contribution in [-0.4, -0.2) is 67.4 Å². The van der Waals surface area contributed by atoms with Crippen LogP contribution in [0.3, 0.4) is 0 Å². The molecule has 2 amide bonds. The molecule has 2 aliphatic heterocycles. The molecule has 3 N–H and O–H groups in total. The topological polar surface area (TPSA) is 78.7 Å². The van der Waals surface area contributed by atoms with Crippen molar-refractivity contribution >= 4 is 24.2 Å². The number of benzene rings is 1. The van der Waals surface area contributed by atoms with E-state index < -0.39 is 0 Å². The summed E-state index contributed by atoms with van der Waals surface area (Å²) in [7, 11) is 0. The van der Waals surface area contributed by atoms with E-state index in [1.165, 1.54) is 5.56 Å². The van der Waals surface area contributed by atoms with E-state index in [2.05, 4.69) is 22.3 Å². The van der Waals surface area contributed by atoms with Crippen molar-refractivity contribution in [3.63, 3.8) is 0 Å². The lowest BCUT2D eigenvalue weighted by Crippen LogP contribution is -2.42. The second-order valence-electron chi connectivity index (χ2n) is 7.07. The van der Waals surface area contributed by atoms with Crippen LogP contribution in [0, 0.1) is 5.92 Å². The summed E-state index contributed by atoms with van der Waals surface area (Å²) in [5.41, 5.74) is 7.23. The molecule has 26 heavy (non-hydrogen) atoms. The molecule has 1 aromatic rings. The lowest BCUT2D eigenvalue weighted by atomic mass is 9.89. The molecule has 1 aromatic carbocycles. The van der Waals surface area contributed by atoms with Gasteiger partial charge in [0.05, 0.1) is 13.1 Å². The smallest absolute Gasteiger partial charge is 0.241 e. The predicted molar refractivity (Wildman–Crippen MR) is 104 cm³/mol. The highest BCUT2D eigenvalue weighted by Crippen LogP contribution is 2.31. The van der Waals surface area contributed by atoms with Gasteiger partial charge in [-0.3, -0.25) is 14.5 Å². The maximum atomic E-state index is 12.2. The van der Waals surface area contributed by atoms with Gasteiger partial charge in [0.25, 0.3) is 0 Å². The number of likely N-dealkylation sites (tertiary alicyclic amines) is 2. The Balaban J connectivity index is 0.00000243. The van der Waals surface area contributed by atoms with Crippen molar-refractivity contribution in [1.29, 1.82) is 0 Å². The van der Waals surface area contributed by atoms with Crippen molar-refractivity contribution in [2.75, 3.05) is 45.8 Å². The lowest BCUT2D eigenvalue weighted by molar-refractivity contribution is -0.132. The Morgan fingerprint density at radius 3 is 2.46 bits per heavy atom. The third kappa shape index (κ3) is 5.19. The van der Waals surface area contributed by atoms with E-state index in [4.69, 9.17) is 5.73 Å². The Hall–Kier alpha value is -1.63. The molecule has 7 heteroatoms. The van der Waals surface area contributed by atoms with Gasteiger partial charge in [0, 0.05) is 32.1 Å². The van der Waals surface area contributed by atoms with E-state index in [1.54, 1.807) is 0 Å². The van der Waals surface area contributed by atoms with Crippen molar-refractivity contribution in [2.45, 2.75) is 18.8 Å². The Labute approximate surface area is 161 Å². The van der Waals surface area contributed by atoms with Gasteiger partial charge in [-0.25, -0.2) is 0 Å². The van der Waals surface area contributed by atoms with Gasteiger partial charge >= 0.3 is 0 Å². The van der Waals surface area contributed by atoms with Crippen molar-refractivity contribution in [3.05, 3.63) is 35.9 Å². The molecular formula is C19H29ClN4O2. The molecule has 0 radical (unpaired) electrons. The summed E-state index contributed by atoms with van der Waals surface area (Å²) in [4.78, 5) is 28.2. The van der Waals surface area contributed by atoms with Crippen LogP contribution in [0.4, 0.5) is 0 Å². The minimum Gasteiger partial charge on any atom is -0.346 e. The van der Waals surface area contributed by atoms with Gasteiger partial charge in [-0.2, -0.15) is 0 Å². The highest BCUT2D eigenvalue weighted by molar-refractivity contribution is 5.86. The summed E-state index contributed by atoms with van der Waals surface area (Å²) in [6, 6.07) is 10.4. The summed E-state index contributed by atoms with van der Waals surface area (Å²) >= 11 is 0. The zero-order valence-corrected chi connectivity index (χ0v) is 15.9. The third-order valence-corrected chi connectivity index (χ3v) is 5.31. The SMILES string of the molecule is Cl.NC[C@@H]1CN(CC(=O)NCC(=O)N2CCCC2)C[C@H]1c1ccccc1. The number of hydrogen-bond donors (Lipinski definition) is 2. The summed E-state index contributed by atoms with van der Waals surface area (Å²) in [6.07, 6.45) is 2.13. The molecule has 2 aliphatic rings. The highest BCUT2D eigenvalue weighted by Gasteiger charge is 2.33. The average Bonchev–Trinajstić information content (AvgIpc) is 3.30. The number of rotatable bonds is 6. The largest absolute Gasteiger partial charge is 0.346 e. The molecule has 6 nitrogen and oxygen atoms in total. The van der Waals surface area contributed by atoms with E-state index in [-0.39, 0.29) is 30.8 Å². The second kappa shape index (κ2) is 9.90. The molecule has 0 aliphatic carbocycles. The number of nitrogens with two attached hydrogens (primary N) is 1. The van der Waals surface area contributed by atoms with Crippen LogP contribution in [0.15, 0.2) is 30.3 Å². The molecule has 2 heterocycles. The van der Waals surface area contributed by atoms with Gasteiger partial charge < -0.3 is 16.0 Å². The predicted octanol–water partition coefficient (Wildman–Crippen LogP) is 0.821. The summed E-state index contributed by atoms with van der Waals surface area (Å²) in [5.74, 6) is 0.665. The highest BCUT2D eigenvalue weighted by atomic mass is 35.5. The molecule has 0 spiro atoms. The van der Waals surface area contributed by atoms with Crippen molar-refractivity contribution in [1.82, 2.24) is 15.1 Å². The first-order valence-electron chi connectivity index (χ1n) is 9.19. The number of halogens is 1. The number of nitrogens with one attached hydrogen (secondary N) is 1. The Kier molecular flexibility index (Phi) is 7.87. The number of carbonyl (C=O) groups excluding carboxylic acids is 2. The molecule has 0 saturated carbocycles. The van der Waals surface area contributed by atoms with Crippen LogP contribution in [0.25, 0.3) is 0 Å². The quantitative estimate of drug-likeness (QED) is 0.766. The third-order valence-electron chi connectivity index (χ3n) is 5.31. The molecule has 144 valence electrons. The monoisotopic (exact) mass is 380 g/mol. The number of nitrogens with zero attached hydrogens (tertiary/aromatic N) is 2. The Bertz CT molecular complexity index is 592. The zero-order valence-electron chi connectivity index (χ0n) is 15.1. The van der Waals surface area contributed by atoms with Gasteiger partial charge in [-0.05, 0) is 30.9 Å². The lowest BCUT2D eigenvalue weighted by Gasteiger charge is -2.18. The molecule has 0 unspecified atom stereocenters. The molecule has 2 saturated heterocycles.